The number of nitrogens with one attached hydrogen (secondary N) is 1. The summed E-state index contributed by atoms with van der Waals surface area (Å²) in [5.41, 5.74) is 2.61. The van der Waals surface area contributed by atoms with Gasteiger partial charge in [-0.15, -0.1) is 0 Å². The molecule has 0 aliphatic heterocycles. The third kappa shape index (κ3) is 2.89. The molecule has 1 N–H and O–H groups in total. The zero-order valence-corrected chi connectivity index (χ0v) is 13.3. The molecule has 0 saturated heterocycles. The van der Waals surface area contributed by atoms with E-state index < -0.39 is 0 Å². The lowest BCUT2D eigenvalue weighted by molar-refractivity contribution is 0.608. The molecule has 2 atom stereocenters. The van der Waals surface area contributed by atoms with Crippen LogP contribution < -0.4 is 10.2 Å². The summed E-state index contributed by atoms with van der Waals surface area (Å²) in [6, 6.07) is 7.70. The molecule has 0 radical (unpaired) electrons. The first-order valence-corrected chi connectivity index (χ1v) is 7.53. The summed E-state index contributed by atoms with van der Waals surface area (Å²) in [7, 11) is 4.19. The molecule has 0 aromatic heterocycles. The van der Waals surface area contributed by atoms with E-state index in [1.165, 1.54) is 28.6 Å². The fraction of sp³-hybridized carbons (Fsp3) is 0.600. The first-order chi connectivity index (χ1) is 8.54. The van der Waals surface area contributed by atoms with Gasteiger partial charge in [0.15, 0.2) is 0 Å². The molecule has 3 heteroatoms. The first-order valence-electron chi connectivity index (χ1n) is 6.74. The van der Waals surface area contributed by atoms with Crippen LogP contribution in [0.5, 0.6) is 0 Å². The minimum atomic E-state index is 0.375. The first kappa shape index (κ1) is 13.9. The molecule has 0 spiro atoms. The molecule has 18 heavy (non-hydrogen) atoms. The molecule has 1 saturated carbocycles. The summed E-state index contributed by atoms with van der Waals surface area (Å²) in [5.74, 6) is 0.893. The summed E-state index contributed by atoms with van der Waals surface area (Å²) in [4.78, 5) is 2.40. The summed E-state index contributed by atoms with van der Waals surface area (Å²) in [6.45, 7) is 4.51. The van der Waals surface area contributed by atoms with Gasteiger partial charge in [-0.05, 0) is 57.4 Å². The second-order valence-corrected chi connectivity index (χ2v) is 6.26. The largest absolute Gasteiger partial charge is 0.372 e. The van der Waals surface area contributed by atoms with Gasteiger partial charge in [-0.2, -0.15) is 0 Å². The van der Waals surface area contributed by atoms with Crippen LogP contribution in [0.15, 0.2) is 22.7 Å². The third-order valence-electron chi connectivity index (χ3n) is 4.21. The maximum absolute atomic E-state index is 3.69. The van der Waals surface area contributed by atoms with Crippen molar-refractivity contribution in [3.8, 4) is 0 Å². The highest BCUT2D eigenvalue weighted by Gasteiger charge is 2.30. The van der Waals surface area contributed by atoms with Gasteiger partial charge < -0.3 is 10.2 Å². The van der Waals surface area contributed by atoms with Crippen molar-refractivity contribution in [1.82, 2.24) is 5.32 Å². The third-order valence-corrected chi connectivity index (χ3v) is 4.89. The van der Waals surface area contributed by atoms with Gasteiger partial charge in [-0.3, -0.25) is 0 Å². The maximum Gasteiger partial charge on any atom is 0.0377 e. The summed E-state index contributed by atoms with van der Waals surface area (Å²) < 4.78 is 1.19. The molecule has 2 rings (SSSR count). The lowest BCUT2D eigenvalue weighted by Gasteiger charge is -2.28. The Bertz CT molecular complexity index is 415. The number of hydrogen-bond donors (Lipinski definition) is 1. The van der Waals surface area contributed by atoms with E-state index in [0.717, 1.165) is 5.92 Å². The number of nitrogens with zero attached hydrogens (tertiary/aromatic N) is 1. The van der Waals surface area contributed by atoms with E-state index in [1.807, 2.05) is 7.05 Å². The van der Waals surface area contributed by atoms with Crippen molar-refractivity contribution >= 4 is 21.6 Å². The normalized spacial score (nSPS) is 18.5. The number of halogens is 1. The molecule has 0 heterocycles. The van der Waals surface area contributed by atoms with Crippen LogP contribution in [0.25, 0.3) is 0 Å². The fourth-order valence-electron chi connectivity index (χ4n) is 2.37. The highest BCUT2D eigenvalue weighted by atomic mass is 79.9. The van der Waals surface area contributed by atoms with Crippen LogP contribution >= 0.6 is 15.9 Å². The average Bonchev–Trinajstić information content (AvgIpc) is 3.20. The van der Waals surface area contributed by atoms with Crippen molar-refractivity contribution in [3.63, 3.8) is 0 Å². The Kier molecular flexibility index (Phi) is 4.33. The van der Waals surface area contributed by atoms with Crippen molar-refractivity contribution in [1.29, 1.82) is 0 Å². The van der Waals surface area contributed by atoms with Crippen LogP contribution in [0.4, 0.5) is 5.69 Å². The molecule has 1 aromatic carbocycles. The lowest BCUT2D eigenvalue weighted by atomic mass is 10.1. The van der Waals surface area contributed by atoms with Crippen LogP contribution in [0, 0.1) is 5.92 Å². The molecular weight excluding hydrogens is 288 g/mol. The van der Waals surface area contributed by atoms with Crippen LogP contribution in [-0.4, -0.2) is 20.1 Å². The van der Waals surface area contributed by atoms with Crippen LogP contribution in [0.1, 0.15) is 38.3 Å². The number of rotatable bonds is 5. The Morgan fingerprint density at radius 1 is 1.33 bits per heavy atom. The maximum atomic E-state index is 3.69. The Morgan fingerprint density at radius 2 is 2.00 bits per heavy atom. The smallest absolute Gasteiger partial charge is 0.0377 e. The molecule has 2 unspecified atom stereocenters. The predicted molar refractivity (Wildman–Crippen MR) is 82.2 cm³/mol. The molecule has 0 bridgehead atoms. The fourth-order valence-corrected chi connectivity index (χ4v) is 3.08. The molecule has 1 fully saturated rings. The van der Waals surface area contributed by atoms with Gasteiger partial charge in [0.1, 0.15) is 0 Å². The van der Waals surface area contributed by atoms with E-state index in [4.69, 9.17) is 0 Å². The van der Waals surface area contributed by atoms with E-state index in [1.54, 1.807) is 0 Å². The minimum Gasteiger partial charge on any atom is -0.372 e. The van der Waals surface area contributed by atoms with Gasteiger partial charge in [-0.25, -0.2) is 0 Å². The summed E-state index contributed by atoms with van der Waals surface area (Å²) in [6.07, 6.45) is 2.78. The predicted octanol–water partition coefficient (Wildman–Crippen LogP) is 3.96. The quantitative estimate of drug-likeness (QED) is 0.885. The second-order valence-electron chi connectivity index (χ2n) is 5.41. The van der Waals surface area contributed by atoms with Crippen molar-refractivity contribution in [3.05, 3.63) is 28.2 Å². The van der Waals surface area contributed by atoms with Gasteiger partial charge >= 0.3 is 0 Å². The topological polar surface area (TPSA) is 15.3 Å². The SMILES string of the molecule is CNC(C)c1ccc(N(C)C(C)C2CC2)cc1Br. The molecule has 1 aliphatic carbocycles. The van der Waals surface area contributed by atoms with Gasteiger partial charge in [0, 0.05) is 29.3 Å². The highest BCUT2D eigenvalue weighted by molar-refractivity contribution is 9.10. The monoisotopic (exact) mass is 310 g/mol. The van der Waals surface area contributed by atoms with Crippen LogP contribution in [-0.2, 0) is 0 Å². The Labute approximate surface area is 119 Å². The lowest BCUT2D eigenvalue weighted by Crippen LogP contribution is -2.30. The van der Waals surface area contributed by atoms with Gasteiger partial charge in [0.25, 0.3) is 0 Å². The van der Waals surface area contributed by atoms with Gasteiger partial charge in [0.2, 0.25) is 0 Å². The van der Waals surface area contributed by atoms with Crippen LogP contribution in [0.2, 0.25) is 0 Å². The molecule has 1 aromatic rings. The van der Waals surface area contributed by atoms with E-state index in [-0.39, 0.29) is 0 Å². The summed E-state index contributed by atoms with van der Waals surface area (Å²) >= 11 is 3.69. The van der Waals surface area contributed by atoms with E-state index in [2.05, 4.69) is 65.2 Å². The molecule has 100 valence electrons. The molecular formula is C15H23BrN2. The van der Waals surface area contributed by atoms with Crippen molar-refractivity contribution in [2.24, 2.45) is 5.92 Å². The van der Waals surface area contributed by atoms with E-state index in [0.29, 0.717) is 12.1 Å². The van der Waals surface area contributed by atoms with Crippen molar-refractivity contribution in [2.45, 2.75) is 38.8 Å². The zero-order valence-electron chi connectivity index (χ0n) is 11.7. The standard InChI is InChI=1S/C15H23BrN2/c1-10(17-3)14-8-7-13(9-15(14)16)18(4)11(2)12-5-6-12/h7-12,17H,5-6H2,1-4H3. The van der Waals surface area contributed by atoms with Crippen LogP contribution in [0.3, 0.4) is 0 Å². The van der Waals surface area contributed by atoms with E-state index >= 15 is 0 Å². The van der Waals surface area contributed by atoms with Crippen molar-refractivity contribution in [2.75, 3.05) is 19.0 Å². The average molecular weight is 311 g/mol. The zero-order chi connectivity index (χ0) is 13.3. The second kappa shape index (κ2) is 5.62. The number of hydrogen-bond acceptors (Lipinski definition) is 2. The minimum absolute atomic E-state index is 0.375. The molecule has 0 amide bonds. The number of anilines is 1. The Hall–Kier alpha value is -0.540. The molecule has 1 aliphatic rings. The Morgan fingerprint density at radius 3 is 2.50 bits per heavy atom. The summed E-state index contributed by atoms with van der Waals surface area (Å²) in [5, 5.41) is 3.28. The number of benzene rings is 1. The van der Waals surface area contributed by atoms with Gasteiger partial charge in [0.05, 0.1) is 0 Å². The highest BCUT2D eigenvalue weighted by Crippen LogP contribution is 2.37. The molecule has 2 nitrogen and oxygen atoms in total. The van der Waals surface area contributed by atoms with E-state index in [9.17, 15) is 0 Å². The van der Waals surface area contributed by atoms with Gasteiger partial charge in [-0.1, -0.05) is 22.0 Å². The van der Waals surface area contributed by atoms with Crippen molar-refractivity contribution < 1.29 is 0 Å². The Balaban J connectivity index is 2.17.